The fraction of sp³-hybridized carbons (Fsp3) is 0.353. The van der Waals surface area contributed by atoms with Crippen molar-refractivity contribution < 1.29 is 4.74 Å². The predicted octanol–water partition coefficient (Wildman–Crippen LogP) is 4.65. The van der Waals surface area contributed by atoms with E-state index in [2.05, 4.69) is 57.6 Å². The standard InChI is InChI=1S/C34H37N11O/c1-46-28-5-3-2-4-22(28)19-29-40-26-11-6-23(18-27(26)41-29)32-31-33(35)38-21-39-34(31)45(42-32)25-9-7-24(8-10-25)43-14-16-44(17-15-43)30-20-36-12-13-37-30/h2-6,11-13,18,20-21,24-25H,7-10,14-17,19H2,1H3,(H,40,41)(H2,35,38,39)/t24-,25+. The summed E-state index contributed by atoms with van der Waals surface area (Å²) in [5.41, 5.74) is 12.0. The van der Waals surface area contributed by atoms with Gasteiger partial charge in [-0.15, -0.1) is 0 Å². The minimum absolute atomic E-state index is 0.256. The number of rotatable bonds is 7. The quantitative estimate of drug-likeness (QED) is 0.261. The van der Waals surface area contributed by atoms with E-state index < -0.39 is 0 Å². The van der Waals surface area contributed by atoms with Crippen LogP contribution in [0.2, 0.25) is 0 Å². The normalized spacial score (nSPS) is 19.2. The Morgan fingerprint density at radius 2 is 1.76 bits per heavy atom. The van der Waals surface area contributed by atoms with E-state index >= 15 is 0 Å². The van der Waals surface area contributed by atoms with E-state index in [1.54, 1.807) is 25.8 Å². The van der Waals surface area contributed by atoms with Crippen LogP contribution in [0, 0.1) is 0 Å². The number of nitrogens with zero attached hydrogens (tertiary/aromatic N) is 9. The summed E-state index contributed by atoms with van der Waals surface area (Å²) in [5.74, 6) is 3.14. The SMILES string of the molecule is COc1ccccc1Cc1nc2ccc(-c3nn([C@H]4CC[C@@H](N5CCN(c6cnccn6)CC5)CC4)c4ncnc(N)c34)cc2[nH]1. The van der Waals surface area contributed by atoms with Gasteiger partial charge in [0.1, 0.15) is 35.2 Å². The number of hydrogen-bond acceptors (Lipinski definition) is 10. The summed E-state index contributed by atoms with van der Waals surface area (Å²) in [5, 5.41) is 5.98. The molecule has 6 aromatic rings. The molecule has 0 radical (unpaired) electrons. The van der Waals surface area contributed by atoms with Crippen LogP contribution in [0.5, 0.6) is 5.75 Å². The number of methoxy groups -OCH3 is 1. The molecule has 0 unspecified atom stereocenters. The van der Waals surface area contributed by atoms with Gasteiger partial charge in [0.25, 0.3) is 0 Å². The molecule has 12 heteroatoms. The molecule has 1 saturated heterocycles. The number of aromatic amines is 1. The number of hydrogen-bond donors (Lipinski definition) is 2. The van der Waals surface area contributed by atoms with Crippen LogP contribution in [0.3, 0.4) is 0 Å². The Balaban J connectivity index is 1.01. The number of anilines is 2. The number of nitrogens with two attached hydrogens (primary N) is 1. The number of imidazole rings is 1. The molecular formula is C34H37N11O. The van der Waals surface area contributed by atoms with Gasteiger partial charge in [-0.05, 0) is 43.9 Å². The maximum absolute atomic E-state index is 6.48. The molecule has 1 saturated carbocycles. The summed E-state index contributed by atoms with van der Waals surface area (Å²) in [4.78, 5) is 31.1. The van der Waals surface area contributed by atoms with Crippen LogP contribution in [-0.4, -0.2) is 83.9 Å². The molecule has 1 aliphatic carbocycles. The Labute approximate surface area is 266 Å². The molecule has 1 aliphatic heterocycles. The number of ether oxygens (including phenoxy) is 1. The van der Waals surface area contributed by atoms with Gasteiger partial charge in [0, 0.05) is 62.2 Å². The number of aromatic nitrogens is 8. The third-order valence-corrected chi connectivity index (χ3v) is 9.59. The number of benzene rings is 2. The van der Waals surface area contributed by atoms with Gasteiger partial charge in [0.05, 0.1) is 35.8 Å². The summed E-state index contributed by atoms with van der Waals surface area (Å²) >= 11 is 0. The highest BCUT2D eigenvalue weighted by atomic mass is 16.5. The molecule has 0 atom stereocenters. The van der Waals surface area contributed by atoms with Crippen molar-refractivity contribution in [2.45, 2.75) is 44.2 Å². The monoisotopic (exact) mass is 615 g/mol. The zero-order chi connectivity index (χ0) is 31.0. The van der Waals surface area contributed by atoms with E-state index in [-0.39, 0.29) is 6.04 Å². The zero-order valence-electron chi connectivity index (χ0n) is 25.9. The molecule has 2 fully saturated rings. The molecule has 5 heterocycles. The summed E-state index contributed by atoms with van der Waals surface area (Å²) in [6.45, 7) is 4.04. The molecule has 12 nitrogen and oxygen atoms in total. The van der Waals surface area contributed by atoms with Gasteiger partial charge in [-0.2, -0.15) is 5.10 Å². The van der Waals surface area contributed by atoms with Crippen molar-refractivity contribution in [2.24, 2.45) is 0 Å². The molecule has 4 aromatic heterocycles. The lowest BCUT2D eigenvalue weighted by Gasteiger charge is -2.42. The Bertz CT molecular complexity index is 1970. The van der Waals surface area contributed by atoms with Crippen LogP contribution in [0.4, 0.5) is 11.6 Å². The molecule has 46 heavy (non-hydrogen) atoms. The van der Waals surface area contributed by atoms with Crippen molar-refractivity contribution in [3.8, 4) is 17.0 Å². The lowest BCUT2D eigenvalue weighted by Crippen LogP contribution is -2.51. The fourth-order valence-electron chi connectivity index (χ4n) is 7.21. The van der Waals surface area contributed by atoms with E-state index in [1.165, 1.54) is 0 Å². The molecule has 234 valence electrons. The van der Waals surface area contributed by atoms with Gasteiger partial charge < -0.3 is 20.4 Å². The predicted molar refractivity (Wildman–Crippen MR) is 178 cm³/mol. The van der Waals surface area contributed by atoms with Crippen molar-refractivity contribution >= 4 is 33.7 Å². The lowest BCUT2D eigenvalue weighted by molar-refractivity contribution is 0.129. The fourth-order valence-corrected chi connectivity index (χ4v) is 7.21. The number of para-hydroxylation sites is 1. The molecule has 2 aromatic carbocycles. The van der Waals surface area contributed by atoms with Crippen LogP contribution in [0.1, 0.15) is 43.1 Å². The van der Waals surface area contributed by atoms with Crippen LogP contribution in [0.15, 0.2) is 67.4 Å². The van der Waals surface area contributed by atoms with E-state index in [9.17, 15) is 0 Å². The number of fused-ring (bicyclic) bond motifs is 2. The van der Waals surface area contributed by atoms with E-state index in [0.717, 1.165) is 108 Å². The summed E-state index contributed by atoms with van der Waals surface area (Å²) < 4.78 is 7.65. The first-order chi connectivity index (χ1) is 22.6. The maximum Gasteiger partial charge on any atom is 0.164 e. The Hall–Kier alpha value is -5.10. The molecule has 0 spiro atoms. The highest BCUT2D eigenvalue weighted by Crippen LogP contribution is 2.38. The second kappa shape index (κ2) is 12.0. The molecule has 0 bridgehead atoms. The summed E-state index contributed by atoms with van der Waals surface area (Å²) in [6.07, 6.45) is 11.9. The van der Waals surface area contributed by atoms with Crippen LogP contribution < -0.4 is 15.4 Å². The van der Waals surface area contributed by atoms with E-state index in [4.69, 9.17) is 20.6 Å². The molecule has 2 aliphatic rings. The van der Waals surface area contributed by atoms with Gasteiger partial charge in [-0.25, -0.2) is 24.6 Å². The third kappa shape index (κ3) is 5.28. The highest BCUT2D eigenvalue weighted by molar-refractivity contribution is 5.99. The topological polar surface area (TPSA) is 140 Å². The molecule has 0 amide bonds. The number of nitrogens with one attached hydrogen (secondary N) is 1. The Kier molecular flexibility index (Phi) is 7.41. The van der Waals surface area contributed by atoms with E-state index in [1.807, 2.05) is 30.5 Å². The Morgan fingerprint density at radius 1 is 0.935 bits per heavy atom. The molecular weight excluding hydrogens is 578 g/mol. The lowest BCUT2D eigenvalue weighted by atomic mass is 9.90. The van der Waals surface area contributed by atoms with Gasteiger partial charge in [0.2, 0.25) is 0 Å². The van der Waals surface area contributed by atoms with E-state index in [0.29, 0.717) is 18.3 Å². The average Bonchev–Trinajstić information content (AvgIpc) is 3.71. The smallest absolute Gasteiger partial charge is 0.164 e. The first kappa shape index (κ1) is 28.4. The summed E-state index contributed by atoms with van der Waals surface area (Å²) in [7, 11) is 1.69. The first-order valence-electron chi connectivity index (χ1n) is 16.0. The van der Waals surface area contributed by atoms with Gasteiger partial charge in [-0.3, -0.25) is 9.88 Å². The van der Waals surface area contributed by atoms with Gasteiger partial charge in [0.15, 0.2) is 5.65 Å². The van der Waals surface area contributed by atoms with Crippen LogP contribution in [0.25, 0.3) is 33.3 Å². The van der Waals surface area contributed by atoms with Crippen molar-refractivity contribution in [2.75, 3.05) is 43.9 Å². The largest absolute Gasteiger partial charge is 0.496 e. The van der Waals surface area contributed by atoms with Crippen molar-refractivity contribution in [1.82, 2.24) is 44.6 Å². The average molecular weight is 616 g/mol. The van der Waals surface area contributed by atoms with Crippen molar-refractivity contribution in [3.05, 3.63) is 78.8 Å². The van der Waals surface area contributed by atoms with Crippen LogP contribution in [-0.2, 0) is 6.42 Å². The first-order valence-corrected chi connectivity index (χ1v) is 16.0. The summed E-state index contributed by atoms with van der Waals surface area (Å²) in [6, 6.07) is 15.1. The Morgan fingerprint density at radius 3 is 2.57 bits per heavy atom. The number of H-pyrrole nitrogens is 1. The molecule has 8 rings (SSSR count). The van der Waals surface area contributed by atoms with Gasteiger partial charge >= 0.3 is 0 Å². The maximum atomic E-state index is 6.48. The minimum atomic E-state index is 0.256. The number of nitrogen functional groups attached to an aromatic ring is 1. The minimum Gasteiger partial charge on any atom is -0.496 e. The highest BCUT2D eigenvalue weighted by Gasteiger charge is 2.31. The molecule has 3 N–H and O–H groups in total. The van der Waals surface area contributed by atoms with Crippen molar-refractivity contribution in [3.63, 3.8) is 0 Å². The third-order valence-electron chi connectivity index (χ3n) is 9.59. The zero-order valence-corrected chi connectivity index (χ0v) is 25.9. The van der Waals surface area contributed by atoms with Crippen molar-refractivity contribution in [1.29, 1.82) is 0 Å². The second-order valence-corrected chi connectivity index (χ2v) is 12.2. The van der Waals surface area contributed by atoms with Crippen LogP contribution >= 0.6 is 0 Å². The van der Waals surface area contributed by atoms with Gasteiger partial charge in [-0.1, -0.05) is 24.3 Å². The second-order valence-electron chi connectivity index (χ2n) is 12.2. The number of piperazine rings is 1.